The first-order chi connectivity index (χ1) is 11.8. The van der Waals surface area contributed by atoms with Gasteiger partial charge in [0.2, 0.25) is 5.91 Å². The van der Waals surface area contributed by atoms with Crippen molar-refractivity contribution in [3.63, 3.8) is 0 Å². The molecule has 0 spiro atoms. The lowest BCUT2D eigenvalue weighted by molar-refractivity contribution is -0.134. The van der Waals surface area contributed by atoms with E-state index in [0.29, 0.717) is 13.0 Å². The molecule has 1 N–H and O–H groups in total. The van der Waals surface area contributed by atoms with Crippen LogP contribution in [-0.2, 0) is 9.53 Å². The molecule has 0 heterocycles. The molecular weight excluding hydrogens is 342 g/mol. The Hall–Kier alpha value is -0.480. The number of rotatable bonds is 13. The van der Waals surface area contributed by atoms with Gasteiger partial charge in [-0.1, -0.05) is 67.1 Å². The molecule has 0 aromatic carbocycles. The van der Waals surface area contributed by atoms with Crippen molar-refractivity contribution in [2.24, 2.45) is 10.8 Å². The van der Waals surface area contributed by atoms with E-state index in [1.807, 2.05) is 13.8 Å². The Morgan fingerprint density at radius 3 is 1.92 bits per heavy atom. The molecular formula is C22H43NO2S. The van der Waals surface area contributed by atoms with Crippen LogP contribution in [0.5, 0.6) is 0 Å². The third-order valence-corrected chi connectivity index (χ3v) is 6.89. The van der Waals surface area contributed by atoms with Crippen molar-refractivity contribution in [2.45, 2.75) is 112 Å². The number of hydrogen-bond donors (Lipinski definition) is 1. The van der Waals surface area contributed by atoms with Gasteiger partial charge in [-0.2, -0.15) is 0 Å². The zero-order valence-electron chi connectivity index (χ0n) is 18.8. The zero-order valence-corrected chi connectivity index (χ0v) is 19.6. The monoisotopic (exact) mass is 385 g/mol. The lowest BCUT2D eigenvalue weighted by atomic mass is 9.75. The van der Waals surface area contributed by atoms with Crippen LogP contribution in [0.15, 0.2) is 0 Å². The predicted octanol–water partition coefficient (Wildman–Crippen LogP) is 6.09. The fourth-order valence-electron chi connectivity index (χ4n) is 3.04. The van der Waals surface area contributed by atoms with E-state index in [0.717, 1.165) is 32.1 Å². The van der Waals surface area contributed by atoms with Crippen LogP contribution < -0.4 is 5.32 Å². The van der Waals surface area contributed by atoms with Crippen LogP contribution in [0.2, 0.25) is 0 Å². The molecule has 1 amide bonds. The van der Waals surface area contributed by atoms with Gasteiger partial charge in [0.25, 0.3) is 0 Å². The number of carbonyl (C=O) groups excluding carboxylic acids is 1. The lowest BCUT2D eigenvalue weighted by Gasteiger charge is -2.40. The first kappa shape index (κ1) is 25.5. The SMILES string of the molecule is CCC(C)(C)CC(C)(CC)NC(=O)C(C)(CC)CCOC(C)(C=S)CC. The van der Waals surface area contributed by atoms with Gasteiger partial charge in [-0.3, -0.25) is 4.79 Å². The number of amides is 1. The van der Waals surface area contributed by atoms with Crippen LogP contribution in [0.25, 0.3) is 0 Å². The largest absolute Gasteiger partial charge is 0.370 e. The highest BCUT2D eigenvalue weighted by molar-refractivity contribution is 7.79. The third kappa shape index (κ3) is 7.64. The third-order valence-electron chi connectivity index (χ3n) is 6.39. The average Bonchev–Trinajstić information content (AvgIpc) is 2.60. The van der Waals surface area contributed by atoms with Crippen LogP contribution >= 0.6 is 12.2 Å². The second kappa shape index (κ2) is 10.2. The van der Waals surface area contributed by atoms with E-state index in [1.165, 1.54) is 0 Å². The summed E-state index contributed by atoms with van der Waals surface area (Å²) >= 11 is 5.09. The molecule has 0 aliphatic rings. The van der Waals surface area contributed by atoms with E-state index in [9.17, 15) is 4.79 Å². The molecule has 0 fully saturated rings. The van der Waals surface area contributed by atoms with E-state index in [-0.39, 0.29) is 22.5 Å². The van der Waals surface area contributed by atoms with E-state index >= 15 is 0 Å². The Morgan fingerprint density at radius 1 is 0.962 bits per heavy atom. The smallest absolute Gasteiger partial charge is 0.226 e. The molecule has 0 rings (SSSR count). The van der Waals surface area contributed by atoms with Crippen LogP contribution in [-0.4, -0.2) is 29.0 Å². The van der Waals surface area contributed by atoms with Crippen LogP contribution in [0, 0.1) is 10.8 Å². The van der Waals surface area contributed by atoms with Crippen LogP contribution in [0.3, 0.4) is 0 Å². The second-order valence-electron chi connectivity index (χ2n) is 9.36. The quantitative estimate of drug-likeness (QED) is 0.390. The molecule has 26 heavy (non-hydrogen) atoms. The van der Waals surface area contributed by atoms with Crippen molar-refractivity contribution >= 4 is 23.5 Å². The van der Waals surface area contributed by atoms with Gasteiger partial charge in [-0.15, -0.1) is 0 Å². The van der Waals surface area contributed by atoms with Gasteiger partial charge in [0, 0.05) is 22.9 Å². The summed E-state index contributed by atoms with van der Waals surface area (Å²) in [4.78, 5) is 13.1. The van der Waals surface area contributed by atoms with Crippen molar-refractivity contribution in [2.75, 3.05) is 6.61 Å². The number of hydrogen-bond acceptors (Lipinski definition) is 3. The van der Waals surface area contributed by atoms with Crippen LogP contribution in [0.1, 0.15) is 101 Å². The van der Waals surface area contributed by atoms with Crippen molar-refractivity contribution in [3.05, 3.63) is 0 Å². The summed E-state index contributed by atoms with van der Waals surface area (Å²) in [6.07, 6.45) is 5.34. The van der Waals surface area contributed by atoms with Gasteiger partial charge in [-0.25, -0.2) is 0 Å². The Kier molecular flexibility index (Phi) is 9.98. The fraction of sp³-hybridized carbons (Fsp3) is 0.909. The molecule has 3 atom stereocenters. The van der Waals surface area contributed by atoms with E-state index in [4.69, 9.17) is 17.0 Å². The van der Waals surface area contributed by atoms with Gasteiger partial charge in [-0.05, 0) is 51.4 Å². The molecule has 0 aliphatic carbocycles. The summed E-state index contributed by atoms with van der Waals surface area (Å²) in [5.74, 6) is 0.139. The zero-order chi connectivity index (χ0) is 20.6. The standard InChI is InChI=1S/C22H43NO2S/c1-10-19(5,6)16-21(8,12-3)23-18(24)20(7,11-2)14-15-25-22(9,13-4)17-26/h17H,10-16H2,1-9H3,(H,23,24). The molecule has 0 saturated carbocycles. The Morgan fingerprint density at radius 2 is 1.54 bits per heavy atom. The highest BCUT2D eigenvalue weighted by Crippen LogP contribution is 2.35. The molecule has 0 aliphatic heterocycles. The molecule has 4 heteroatoms. The molecule has 0 aromatic heterocycles. The normalized spacial score (nSPS) is 19.1. The maximum absolute atomic E-state index is 13.1. The topological polar surface area (TPSA) is 38.3 Å². The average molecular weight is 386 g/mol. The van der Waals surface area contributed by atoms with Gasteiger partial charge < -0.3 is 10.1 Å². The molecule has 0 saturated heterocycles. The summed E-state index contributed by atoms with van der Waals surface area (Å²) in [6, 6.07) is 0. The minimum Gasteiger partial charge on any atom is -0.370 e. The Bertz CT molecular complexity index is 465. The Balaban J connectivity index is 5.05. The summed E-state index contributed by atoms with van der Waals surface area (Å²) < 4.78 is 5.99. The van der Waals surface area contributed by atoms with Crippen molar-refractivity contribution in [3.8, 4) is 0 Å². The number of thiocarbonyl (C=S) groups is 1. The van der Waals surface area contributed by atoms with Gasteiger partial charge in [0.15, 0.2) is 0 Å². The summed E-state index contributed by atoms with van der Waals surface area (Å²) in [5, 5.41) is 5.07. The fourth-order valence-corrected chi connectivity index (χ4v) is 3.28. The maximum atomic E-state index is 13.1. The molecule has 0 radical (unpaired) electrons. The molecule has 3 nitrogen and oxygen atoms in total. The van der Waals surface area contributed by atoms with Crippen molar-refractivity contribution < 1.29 is 9.53 Å². The van der Waals surface area contributed by atoms with E-state index in [2.05, 4.69) is 53.8 Å². The predicted molar refractivity (Wildman–Crippen MR) is 117 cm³/mol. The van der Waals surface area contributed by atoms with E-state index < -0.39 is 5.41 Å². The van der Waals surface area contributed by atoms with Crippen molar-refractivity contribution in [1.29, 1.82) is 0 Å². The van der Waals surface area contributed by atoms with E-state index in [1.54, 1.807) is 5.37 Å². The van der Waals surface area contributed by atoms with Gasteiger partial charge >= 0.3 is 0 Å². The first-order valence-corrected chi connectivity index (χ1v) is 10.7. The minimum atomic E-state index is -0.428. The molecule has 3 unspecified atom stereocenters. The Labute approximate surface area is 168 Å². The highest BCUT2D eigenvalue weighted by Gasteiger charge is 2.38. The lowest BCUT2D eigenvalue weighted by Crippen LogP contribution is -2.53. The minimum absolute atomic E-state index is 0.139. The van der Waals surface area contributed by atoms with Gasteiger partial charge in [0.05, 0.1) is 5.60 Å². The van der Waals surface area contributed by atoms with Crippen LogP contribution in [0.4, 0.5) is 0 Å². The summed E-state index contributed by atoms with van der Waals surface area (Å²) in [5.41, 5.74) is -0.779. The molecule has 0 aromatic rings. The molecule has 0 bridgehead atoms. The number of ether oxygens (including phenoxy) is 1. The summed E-state index contributed by atoms with van der Waals surface area (Å²) in [6.45, 7) is 19.8. The first-order valence-electron chi connectivity index (χ1n) is 10.3. The summed E-state index contributed by atoms with van der Waals surface area (Å²) in [7, 11) is 0. The van der Waals surface area contributed by atoms with Crippen molar-refractivity contribution in [1.82, 2.24) is 5.32 Å². The highest BCUT2D eigenvalue weighted by atomic mass is 32.1. The number of nitrogens with one attached hydrogen (secondary N) is 1. The molecule has 154 valence electrons. The van der Waals surface area contributed by atoms with Gasteiger partial charge in [0.1, 0.15) is 0 Å². The maximum Gasteiger partial charge on any atom is 0.226 e. The number of carbonyl (C=O) groups is 1. The second-order valence-corrected chi connectivity index (χ2v) is 9.60.